The molecule has 1 aromatic carbocycles. The van der Waals surface area contributed by atoms with Crippen molar-refractivity contribution in [2.45, 2.75) is 36.1 Å². The molecule has 0 bridgehead atoms. The number of hydrogen-bond donors (Lipinski definition) is 0. The molecule has 6 heteroatoms. The number of rotatable bonds is 3. The molecule has 1 aliphatic rings. The molecule has 0 aromatic heterocycles. The smallest absolute Gasteiger partial charge is 0.224 e. The Morgan fingerprint density at radius 2 is 1.95 bits per heavy atom. The minimum absolute atomic E-state index is 0.0983. The van der Waals surface area contributed by atoms with Gasteiger partial charge in [0, 0.05) is 6.26 Å². The van der Waals surface area contributed by atoms with Crippen molar-refractivity contribution < 1.29 is 13.2 Å². The maximum atomic E-state index is 11.5. The highest BCUT2D eigenvalue weighted by molar-refractivity contribution is 7.90. The third-order valence-corrected chi connectivity index (χ3v) is 5.14. The molecule has 0 aliphatic heterocycles. The third-order valence-electron chi connectivity index (χ3n) is 3.56. The molecule has 19 heavy (non-hydrogen) atoms. The van der Waals surface area contributed by atoms with Crippen LogP contribution in [0.1, 0.15) is 31.2 Å². The first-order valence-electron chi connectivity index (χ1n) is 5.98. The van der Waals surface area contributed by atoms with Gasteiger partial charge in [-0.3, -0.25) is 0 Å². The van der Waals surface area contributed by atoms with Gasteiger partial charge in [-0.15, -0.1) is 0 Å². The maximum Gasteiger partial charge on any atom is 0.235 e. The number of halogens is 1. The molecule has 0 atom stereocenters. The zero-order valence-corrected chi connectivity index (χ0v) is 12.1. The lowest BCUT2D eigenvalue weighted by molar-refractivity contribution is 0.455. The van der Waals surface area contributed by atoms with Gasteiger partial charge in [-0.1, -0.05) is 30.5 Å². The highest BCUT2D eigenvalue weighted by atomic mass is 35.5. The van der Waals surface area contributed by atoms with Crippen molar-refractivity contribution in [3.8, 4) is 0 Å². The van der Waals surface area contributed by atoms with Crippen LogP contribution in [0.2, 0.25) is 5.02 Å². The van der Waals surface area contributed by atoms with E-state index in [-0.39, 0.29) is 9.92 Å². The number of nitrogens with zero attached hydrogens (tertiary/aromatic N) is 1. The fraction of sp³-hybridized carbons (Fsp3) is 0.462. The highest BCUT2D eigenvalue weighted by Crippen LogP contribution is 2.43. The standard InChI is InChI=1S/C13H14ClNO3S/c1-19(17,18)12-5-4-10(8-11(12)14)13(15-9-16)6-2-3-7-13/h4-5,8H,2-3,6-7H2,1H3. The number of benzene rings is 1. The Hall–Kier alpha value is -1.16. The molecule has 0 radical (unpaired) electrons. The second-order valence-corrected chi connectivity index (χ2v) is 7.25. The van der Waals surface area contributed by atoms with E-state index >= 15 is 0 Å². The number of carbonyl (C=O) groups excluding carboxylic acids is 1. The van der Waals surface area contributed by atoms with E-state index in [0.717, 1.165) is 37.5 Å². The van der Waals surface area contributed by atoms with Crippen LogP contribution in [0.4, 0.5) is 0 Å². The van der Waals surface area contributed by atoms with Crippen LogP contribution < -0.4 is 0 Å². The topological polar surface area (TPSA) is 63.6 Å². The van der Waals surface area contributed by atoms with Crippen molar-refractivity contribution in [2.24, 2.45) is 4.99 Å². The molecule has 0 amide bonds. The van der Waals surface area contributed by atoms with E-state index in [1.165, 1.54) is 6.07 Å². The lowest BCUT2D eigenvalue weighted by atomic mass is 9.89. The first-order valence-corrected chi connectivity index (χ1v) is 8.25. The van der Waals surface area contributed by atoms with Gasteiger partial charge < -0.3 is 0 Å². The van der Waals surface area contributed by atoms with Crippen LogP contribution in [-0.4, -0.2) is 20.8 Å². The fourth-order valence-corrected chi connectivity index (χ4v) is 3.93. The summed E-state index contributed by atoms with van der Waals surface area (Å²) in [6.07, 6.45) is 6.23. The van der Waals surface area contributed by atoms with Crippen LogP contribution in [0.25, 0.3) is 0 Å². The molecular formula is C13H14ClNO3S. The monoisotopic (exact) mass is 299 g/mol. The predicted molar refractivity (Wildman–Crippen MR) is 72.8 cm³/mol. The summed E-state index contributed by atoms with van der Waals surface area (Å²) < 4.78 is 23.0. The Bertz CT molecular complexity index is 642. The van der Waals surface area contributed by atoms with Gasteiger partial charge in [0.15, 0.2) is 9.84 Å². The van der Waals surface area contributed by atoms with Crippen LogP contribution in [0.15, 0.2) is 28.1 Å². The minimum Gasteiger partial charge on any atom is -0.224 e. The summed E-state index contributed by atoms with van der Waals surface area (Å²) in [6, 6.07) is 4.77. The number of sulfone groups is 1. The van der Waals surface area contributed by atoms with Crippen molar-refractivity contribution in [1.82, 2.24) is 0 Å². The average molecular weight is 300 g/mol. The summed E-state index contributed by atoms with van der Waals surface area (Å²) in [7, 11) is -3.35. The van der Waals surface area contributed by atoms with Crippen LogP contribution in [-0.2, 0) is 20.2 Å². The van der Waals surface area contributed by atoms with Crippen LogP contribution >= 0.6 is 11.6 Å². The first kappa shape index (κ1) is 14.3. The van der Waals surface area contributed by atoms with Gasteiger partial charge in [0.25, 0.3) is 0 Å². The summed E-state index contributed by atoms with van der Waals surface area (Å²) in [4.78, 5) is 14.7. The summed E-state index contributed by atoms with van der Waals surface area (Å²) >= 11 is 6.04. The predicted octanol–water partition coefficient (Wildman–Crippen LogP) is 2.85. The molecule has 0 spiro atoms. The van der Waals surface area contributed by atoms with Crippen LogP contribution in [0, 0.1) is 0 Å². The van der Waals surface area contributed by atoms with E-state index in [9.17, 15) is 13.2 Å². The Balaban J connectivity index is 2.53. The molecule has 1 aromatic rings. The van der Waals surface area contributed by atoms with Gasteiger partial charge in [0.2, 0.25) is 6.08 Å². The van der Waals surface area contributed by atoms with Crippen molar-refractivity contribution in [3.05, 3.63) is 28.8 Å². The summed E-state index contributed by atoms with van der Waals surface area (Å²) in [5.41, 5.74) is 0.201. The van der Waals surface area contributed by atoms with Crippen molar-refractivity contribution >= 4 is 27.5 Å². The zero-order valence-electron chi connectivity index (χ0n) is 10.5. The van der Waals surface area contributed by atoms with Gasteiger partial charge in [0.1, 0.15) is 0 Å². The van der Waals surface area contributed by atoms with E-state index < -0.39 is 15.4 Å². The van der Waals surface area contributed by atoms with E-state index in [4.69, 9.17) is 11.6 Å². The van der Waals surface area contributed by atoms with Crippen LogP contribution in [0.5, 0.6) is 0 Å². The Morgan fingerprint density at radius 1 is 1.32 bits per heavy atom. The molecule has 1 saturated carbocycles. The quantitative estimate of drug-likeness (QED) is 0.637. The van der Waals surface area contributed by atoms with Gasteiger partial charge in [0.05, 0.1) is 15.5 Å². The maximum absolute atomic E-state index is 11.5. The lowest BCUT2D eigenvalue weighted by Crippen LogP contribution is -2.19. The molecule has 0 saturated heterocycles. The minimum atomic E-state index is -3.35. The average Bonchev–Trinajstić information content (AvgIpc) is 2.77. The van der Waals surface area contributed by atoms with E-state index in [0.29, 0.717) is 0 Å². The van der Waals surface area contributed by atoms with Crippen molar-refractivity contribution in [1.29, 1.82) is 0 Å². The van der Waals surface area contributed by atoms with Gasteiger partial charge in [-0.05, 0) is 30.5 Å². The van der Waals surface area contributed by atoms with Gasteiger partial charge >= 0.3 is 0 Å². The lowest BCUT2D eigenvalue weighted by Gasteiger charge is -2.23. The van der Waals surface area contributed by atoms with Crippen LogP contribution in [0.3, 0.4) is 0 Å². The largest absolute Gasteiger partial charge is 0.235 e. The fourth-order valence-electron chi connectivity index (χ4n) is 2.60. The number of aliphatic imine (C=N–C) groups is 1. The molecule has 102 valence electrons. The second-order valence-electron chi connectivity index (χ2n) is 4.86. The van der Waals surface area contributed by atoms with Crippen molar-refractivity contribution in [3.63, 3.8) is 0 Å². The zero-order chi connectivity index (χ0) is 14.1. The third kappa shape index (κ3) is 2.73. The summed E-state index contributed by atoms with van der Waals surface area (Å²) in [6.45, 7) is 0. The molecular weight excluding hydrogens is 286 g/mol. The molecule has 2 rings (SSSR count). The second kappa shape index (κ2) is 5.08. The molecule has 1 aliphatic carbocycles. The van der Waals surface area contributed by atoms with Gasteiger partial charge in [-0.25, -0.2) is 13.2 Å². The van der Waals surface area contributed by atoms with Gasteiger partial charge in [-0.2, -0.15) is 4.99 Å². The molecule has 4 nitrogen and oxygen atoms in total. The van der Waals surface area contributed by atoms with Crippen molar-refractivity contribution in [2.75, 3.05) is 6.26 Å². The molecule has 0 heterocycles. The number of isocyanates is 1. The van der Waals surface area contributed by atoms with E-state index in [1.54, 1.807) is 18.2 Å². The SMILES string of the molecule is CS(=O)(=O)c1ccc(C2(N=C=O)CCCC2)cc1Cl. The first-order chi connectivity index (χ1) is 8.89. The Labute approximate surface area is 117 Å². The number of hydrogen-bond acceptors (Lipinski definition) is 4. The van der Waals surface area contributed by atoms with E-state index in [2.05, 4.69) is 4.99 Å². The van der Waals surface area contributed by atoms with E-state index in [1.807, 2.05) is 0 Å². The molecule has 1 fully saturated rings. The summed E-state index contributed by atoms with van der Waals surface area (Å²) in [5.74, 6) is 0. The Morgan fingerprint density at radius 3 is 2.42 bits per heavy atom. The normalized spacial score (nSPS) is 18.0. The highest BCUT2D eigenvalue weighted by Gasteiger charge is 2.36. The Kier molecular flexibility index (Phi) is 3.81. The molecule has 0 unspecified atom stereocenters. The molecule has 0 N–H and O–H groups in total. The summed E-state index contributed by atoms with van der Waals surface area (Å²) in [5, 5.41) is 0.173.